The molecule has 1 unspecified atom stereocenters. The van der Waals surface area contributed by atoms with Crippen LogP contribution < -0.4 is 0 Å². The van der Waals surface area contributed by atoms with E-state index in [0.29, 0.717) is 5.25 Å². The van der Waals surface area contributed by atoms with Crippen molar-refractivity contribution >= 4 is 12.6 Å². The molecule has 0 spiro atoms. The summed E-state index contributed by atoms with van der Waals surface area (Å²) < 4.78 is 0. The molecule has 121 valence electrons. The highest BCUT2D eigenvalue weighted by Gasteiger charge is 1.96. The van der Waals surface area contributed by atoms with Crippen molar-refractivity contribution in [1.82, 2.24) is 0 Å². The Balaban J connectivity index is 2.92. The molecule has 0 aromatic heterocycles. The Labute approximate surface area is 134 Å². The topological polar surface area (TPSA) is 0 Å². The fourth-order valence-electron chi connectivity index (χ4n) is 2.75. The average molecular weight is 300 g/mol. The summed E-state index contributed by atoms with van der Waals surface area (Å²) in [6.07, 6.45) is 22.7. The van der Waals surface area contributed by atoms with Crippen LogP contribution in [0.15, 0.2) is 0 Å². The second-order valence-corrected chi connectivity index (χ2v) is 7.12. The van der Waals surface area contributed by atoms with Gasteiger partial charge in [0.2, 0.25) is 0 Å². The highest BCUT2D eigenvalue weighted by molar-refractivity contribution is 7.81. The van der Waals surface area contributed by atoms with E-state index in [-0.39, 0.29) is 0 Å². The Kier molecular flexibility index (Phi) is 17.7. The standard InChI is InChI=1S/C19H39S/c1-3-4-5-6-7-8-9-10-11-12-13-14-15-16-17-18-19(2)20/h19-20H,2-18H2,1H3. The van der Waals surface area contributed by atoms with E-state index >= 15 is 0 Å². The van der Waals surface area contributed by atoms with Gasteiger partial charge in [0.1, 0.15) is 0 Å². The number of rotatable bonds is 16. The SMILES string of the molecule is [CH2]C(S)CCCCCCCCCCCCCCCCC. The third-order valence-corrected chi connectivity index (χ3v) is 4.40. The zero-order valence-corrected chi connectivity index (χ0v) is 14.9. The fourth-order valence-corrected chi connectivity index (χ4v) is 2.93. The van der Waals surface area contributed by atoms with E-state index in [4.69, 9.17) is 0 Å². The van der Waals surface area contributed by atoms with Crippen LogP contribution in [-0.4, -0.2) is 5.25 Å². The molecule has 0 saturated carbocycles. The van der Waals surface area contributed by atoms with Crippen molar-refractivity contribution in [2.45, 2.75) is 115 Å². The van der Waals surface area contributed by atoms with Gasteiger partial charge in [-0.2, -0.15) is 12.6 Å². The second kappa shape index (κ2) is 17.4. The van der Waals surface area contributed by atoms with Gasteiger partial charge in [-0.1, -0.05) is 103 Å². The highest BCUT2D eigenvalue weighted by atomic mass is 32.1. The minimum Gasteiger partial charge on any atom is -0.176 e. The van der Waals surface area contributed by atoms with Gasteiger partial charge in [0.15, 0.2) is 0 Å². The van der Waals surface area contributed by atoms with Gasteiger partial charge in [0.25, 0.3) is 0 Å². The molecule has 0 N–H and O–H groups in total. The van der Waals surface area contributed by atoms with Crippen LogP contribution in [0.25, 0.3) is 0 Å². The quantitative estimate of drug-likeness (QED) is 0.223. The predicted octanol–water partition coefficient (Wildman–Crippen LogP) is 7.38. The van der Waals surface area contributed by atoms with E-state index in [2.05, 4.69) is 26.5 Å². The monoisotopic (exact) mass is 299 g/mol. The van der Waals surface area contributed by atoms with Crippen molar-refractivity contribution in [3.8, 4) is 0 Å². The van der Waals surface area contributed by atoms with Crippen LogP contribution in [0.3, 0.4) is 0 Å². The molecular weight excluding hydrogens is 260 g/mol. The average Bonchev–Trinajstić information content (AvgIpc) is 2.43. The lowest BCUT2D eigenvalue weighted by Crippen LogP contribution is -1.90. The summed E-state index contributed by atoms with van der Waals surface area (Å²) in [6.45, 7) is 6.20. The first-order chi connectivity index (χ1) is 9.77. The zero-order chi connectivity index (χ0) is 14.9. The lowest BCUT2D eigenvalue weighted by atomic mass is 10.0. The van der Waals surface area contributed by atoms with Gasteiger partial charge in [-0.3, -0.25) is 0 Å². The fraction of sp³-hybridized carbons (Fsp3) is 0.947. The van der Waals surface area contributed by atoms with Crippen LogP contribution in [0, 0.1) is 6.92 Å². The molecule has 0 aromatic rings. The van der Waals surface area contributed by atoms with E-state index in [0.717, 1.165) is 0 Å². The van der Waals surface area contributed by atoms with Crippen LogP contribution in [-0.2, 0) is 0 Å². The van der Waals surface area contributed by atoms with Crippen LogP contribution in [0.5, 0.6) is 0 Å². The van der Waals surface area contributed by atoms with E-state index in [1.54, 1.807) is 0 Å². The molecule has 0 nitrogen and oxygen atoms in total. The van der Waals surface area contributed by atoms with Crippen LogP contribution >= 0.6 is 12.6 Å². The molecule has 0 aliphatic carbocycles. The lowest BCUT2D eigenvalue weighted by Gasteiger charge is -2.04. The number of hydrogen-bond donors (Lipinski definition) is 1. The van der Waals surface area contributed by atoms with Crippen molar-refractivity contribution in [3.05, 3.63) is 6.92 Å². The maximum atomic E-state index is 4.31. The first-order valence-electron chi connectivity index (χ1n) is 9.28. The molecule has 0 amide bonds. The predicted molar refractivity (Wildman–Crippen MR) is 97.7 cm³/mol. The minimum absolute atomic E-state index is 0.344. The molecule has 0 aromatic carbocycles. The number of unbranched alkanes of at least 4 members (excludes halogenated alkanes) is 14. The maximum absolute atomic E-state index is 4.31. The van der Waals surface area contributed by atoms with E-state index < -0.39 is 0 Å². The summed E-state index contributed by atoms with van der Waals surface area (Å²) in [5, 5.41) is 0.344. The number of thiol groups is 1. The molecule has 0 bridgehead atoms. The summed E-state index contributed by atoms with van der Waals surface area (Å²) >= 11 is 4.31. The van der Waals surface area contributed by atoms with Crippen molar-refractivity contribution in [2.75, 3.05) is 0 Å². The van der Waals surface area contributed by atoms with Gasteiger partial charge in [-0.25, -0.2) is 0 Å². The normalized spacial score (nSPS) is 12.8. The smallest absolute Gasteiger partial charge is 0.00172 e. The van der Waals surface area contributed by atoms with Crippen molar-refractivity contribution in [1.29, 1.82) is 0 Å². The molecular formula is C19H39S. The number of hydrogen-bond acceptors (Lipinski definition) is 1. The van der Waals surface area contributed by atoms with Gasteiger partial charge in [0.05, 0.1) is 0 Å². The molecule has 0 rings (SSSR count). The third kappa shape index (κ3) is 18.4. The van der Waals surface area contributed by atoms with Crippen molar-refractivity contribution < 1.29 is 0 Å². The van der Waals surface area contributed by atoms with Gasteiger partial charge in [-0.15, -0.1) is 0 Å². The largest absolute Gasteiger partial charge is 0.176 e. The summed E-state index contributed by atoms with van der Waals surface area (Å²) in [7, 11) is 0. The molecule has 0 aliphatic heterocycles. The zero-order valence-electron chi connectivity index (χ0n) is 14.0. The van der Waals surface area contributed by atoms with E-state index in [1.807, 2.05) is 0 Å². The summed E-state index contributed by atoms with van der Waals surface area (Å²) in [4.78, 5) is 0. The molecule has 1 radical (unpaired) electrons. The molecule has 0 heterocycles. The Morgan fingerprint density at radius 2 is 0.900 bits per heavy atom. The van der Waals surface area contributed by atoms with Crippen LogP contribution in [0.2, 0.25) is 0 Å². The minimum atomic E-state index is 0.344. The maximum Gasteiger partial charge on any atom is 0.00172 e. The first-order valence-corrected chi connectivity index (χ1v) is 9.80. The lowest BCUT2D eigenvalue weighted by molar-refractivity contribution is 0.530. The van der Waals surface area contributed by atoms with Gasteiger partial charge in [0, 0.05) is 5.25 Å². The molecule has 0 fully saturated rings. The molecule has 0 saturated heterocycles. The third-order valence-electron chi connectivity index (χ3n) is 4.14. The molecule has 0 aliphatic rings. The van der Waals surface area contributed by atoms with Gasteiger partial charge in [-0.05, 0) is 13.3 Å². The summed E-state index contributed by atoms with van der Waals surface area (Å²) in [5.74, 6) is 0. The Hall–Kier alpha value is 0.350. The van der Waals surface area contributed by atoms with Gasteiger partial charge < -0.3 is 0 Å². The molecule has 1 heteroatoms. The van der Waals surface area contributed by atoms with Gasteiger partial charge >= 0.3 is 0 Å². The van der Waals surface area contributed by atoms with E-state index in [9.17, 15) is 0 Å². The van der Waals surface area contributed by atoms with E-state index in [1.165, 1.54) is 103 Å². The van der Waals surface area contributed by atoms with Crippen molar-refractivity contribution in [3.63, 3.8) is 0 Å². The Morgan fingerprint density at radius 1 is 0.600 bits per heavy atom. The summed E-state index contributed by atoms with van der Waals surface area (Å²) in [6, 6.07) is 0. The second-order valence-electron chi connectivity index (χ2n) is 6.39. The molecule has 1 atom stereocenters. The Bertz CT molecular complexity index is 165. The van der Waals surface area contributed by atoms with Crippen LogP contribution in [0.1, 0.15) is 110 Å². The molecule has 20 heavy (non-hydrogen) atoms. The Morgan fingerprint density at radius 3 is 1.20 bits per heavy atom. The highest BCUT2D eigenvalue weighted by Crippen LogP contribution is 2.14. The van der Waals surface area contributed by atoms with Crippen LogP contribution in [0.4, 0.5) is 0 Å². The summed E-state index contributed by atoms with van der Waals surface area (Å²) in [5.41, 5.74) is 0. The van der Waals surface area contributed by atoms with Crippen molar-refractivity contribution in [2.24, 2.45) is 0 Å². The first kappa shape index (κ1) is 20.3.